The van der Waals surface area contributed by atoms with Crippen LogP contribution in [-0.2, 0) is 24.8 Å². The predicted octanol–water partition coefficient (Wildman–Crippen LogP) is 6.80. The maximum atomic E-state index is 14.2. The van der Waals surface area contributed by atoms with Gasteiger partial charge in [-0.2, -0.15) is 0 Å². The van der Waals surface area contributed by atoms with Crippen molar-refractivity contribution in [2.75, 3.05) is 5.75 Å². The van der Waals surface area contributed by atoms with Crippen LogP contribution >= 0.6 is 11.8 Å². The number of hydrogen-bond acceptors (Lipinski definition) is 3. The molecular weight excluding hydrogens is 424 g/mol. The summed E-state index contributed by atoms with van der Waals surface area (Å²) in [5, 5.41) is 0.894. The van der Waals surface area contributed by atoms with Gasteiger partial charge >= 0.3 is 0 Å². The summed E-state index contributed by atoms with van der Waals surface area (Å²) in [6.07, 6.45) is 9.98. The third-order valence-corrected chi connectivity index (χ3v) is 8.45. The van der Waals surface area contributed by atoms with Crippen molar-refractivity contribution in [1.82, 2.24) is 9.55 Å². The van der Waals surface area contributed by atoms with Gasteiger partial charge in [0.25, 0.3) is 5.56 Å². The quantitative estimate of drug-likeness (QED) is 0.288. The largest absolute Gasteiger partial charge is 0.287 e. The van der Waals surface area contributed by atoms with E-state index in [1.165, 1.54) is 36.0 Å². The molecule has 2 aliphatic rings. The second-order valence-corrected chi connectivity index (χ2v) is 10.7. The van der Waals surface area contributed by atoms with Gasteiger partial charge in [-0.1, -0.05) is 99.0 Å². The number of thioether (sulfide) groups is 1. The van der Waals surface area contributed by atoms with Gasteiger partial charge in [0.05, 0.1) is 11.3 Å². The highest BCUT2D eigenvalue weighted by atomic mass is 32.2. The molecule has 1 aromatic heterocycles. The summed E-state index contributed by atoms with van der Waals surface area (Å²) in [6, 6.07) is 19.2. The Hall–Kier alpha value is -2.33. The maximum Gasteiger partial charge on any atom is 0.258 e. The first-order valence-electron chi connectivity index (χ1n) is 12.6. The molecule has 0 N–H and O–H groups in total. The Balaban J connectivity index is 1.59. The van der Waals surface area contributed by atoms with Crippen molar-refractivity contribution in [3.05, 3.63) is 81.6 Å². The number of unbranched alkanes of at least 4 members (excludes halogenated alkanes) is 1. The van der Waals surface area contributed by atoms with E-state index in [1.807, 2.05) is 4.57 Å². The molecule has 0 aliphatic heterocycles. The average Bonchev–Trinajstić information content (AvgIpc) is 2.85. The van der Waals surface area contributed by atoms with Crippen molar-refractivity contribution in [1.29, 1.82) is 0 Å². The average molecular weight is 459 g/mol. The molecule has 2 aliphatic carbocycles. The Labute approximate surface area is 201 Å². The Morgan fingerprint density at radius 2 is 1.76 bits per heavy atom. The number of benzene rings is 2. The summed E-state index contributed by atoms with van der Waals surface area (Å²) in [7, 11) is 0. The van der Waals surface area contributed by atoms with Gasteiger partial charge in [-0.15, -0.1) is 0 Å². The molecule has 1 fully saturated rings. The molecule has 1 saturated carbocycles. The van der Waals surface area contributed by atoms with Crippen LogP contribution in [0.3, 0.4) is 0 Å². The van der Waals surface area contributed by atoms with Crippen LogP contribution < -0.4 is 5.56 Å². The number of fused-ring (bicyclic) bond motifs is 4. The first kappa shape index (κ1) is 22.5. The predicted molar refractivity (Wildman–Crippen MR) is 138 cm³/mol. The minimum absolute atomic E-state index is 0.0345. The molecule has 0 saturated heterocycles. The van der Waals surface area contributed by atoms with Gasteiger partial charge in [-0.3, -0.25) is 9.36 Å². The van der Waals surface area contributed by atoms with E-state index in [2.05, 4.69) is 61.5 Å². The zero-order chi connectivity index (χ0) is 22.7. The first-order chi connectivity index (χ1) is 16.2. The molecule has 3 aromatic rings. The maximum absolute atomic E-state index is 14.2. The normalized spacial score (nSPS) is 16.4. The molecule has 4 heteroatoms. The summed E-state index contributed by atoms with van der Waals surface area (Å²) in [5.74, 6) is 0.925. The lowest BCUT2D eigenvalue weighted by Crippen LogP contribution is -2.43. The van der Waals surface area contributed by atoms with Crippen molar-refractivity contribution in [2.24, 2.45) is 0 Å². The first-order valence-corrected chi connectivity index (χ1v) is 13.6. The summed E-state index contributed by atoms with van der Waals surface area (Å²) in [5.41, 5.74) is 6.05. The molecule has 5 rings (SSSR count). The SMILES string of the molecule is CCCCn1c(SCCc2ccccc2)nc2c(c1=O)C1(CCCCC1)Cc1ccccc1-2. The molecule has 33 heavy (non-hydrogen) atoms. The Morgan fingerprint density at radius 1 is 1.00 bits per heavy atom. The molecule has 0 unspecified atom stereocenters. The monoisotopic (exact) mass is 458 g/mol. The van der Waals surface area contributed by atoms with Crippen LogP contribution in [0, 0.1) is 0 Å². The van der Waals surface area contributed by atoms with Gasteiger partial charge in [0.15, 0.2) is 5.16 Å². The minimum Gasteiger partial charge on any atom is -0.287 e. The fourth-order valence-corrected chi connectivity index (χ4v) is 6.76. The minimum atomic E-state index is -0.0345. The molecule has 1 heterocycles. The summed E-state index contributed by atoms with van der Waals surface area (Å²) >= 11 is 1.74. The lowest BCUT2D eigenvalue weighted by molar-refractivity contribution is 0.281. The van der Waals surface area contributed by atoms with E-state index in [9.17, 15) is 4.79 Å². The molecule has 172 valence electrons. The highest BCUT2D eigenvalue weighted by Crippen LogP contribution is 2.48. The fourth-order valence-electron chi connectivity index (χ4n) is 5.75. The third kappa shape index (κ3) is 4.42. The molecule has 1 spiro atoms. The number of aryl methyl sites for hydroxylation is 1. The Kier molecular flexibility index (Phi) is 6.73. The van der Waals surface area contributed by atoms with Crippen molar-refractivity contribution >= 4 is 11.8 Å². The molecule has 0 atom stereocenters. The van der Waals surface area contributed by atoms with Crippen LogP contribution in [0.2, 0.25) is 0 Å². The highest BCUT2D eigenvalue weighted by molar-refractivity contribution is 7.99. The van der Waals surface area contributed by atoms with Crippen LogP contribution in [0.15, 0.2) is 64.5 Å². The summed E-state index contributed by atoms with van der Waals surface area (Å²) in [4.78, 5) is 19.4. The van der Waals surface area contributed by atoms with E-state index in [-0.39, 0.29) is 11.0 Å². The van der Waals surface area contributed by atoms with Crippen LogP contribution in [0.25, 0.3) is 11.3 Å². The zero-order valence-corrected chi connectivity index (χ0v) is 20.5. The van der Waals surface area contributed by atoms with Crippen molar-refractivity contribution < 1.29 is 0 Å². The highest BCUT2D eigenvalue weighted by Gasteiger charge is 2.43. The second-order valence-electron chi connectivity index (χ2n) is 9.69. The molecule has 0 radical (unpaired) electrons. The van der Waals surface area contributed by atoms with Crippen molar-refractivity contribution in [3.8, 4) is 11.3 Å². The van der Waals surface area contributed by atoms with Gasteiger partial charge in [-0.25, -0.2) is 4.98 Å². The molecule has 3 nitrogen and oxygen atoms in total. The van der Waals surface area contributed by atoms with E-state index in [4.69, 9.17) is 4.98 Å². The summed E-state index contributed by atoms with van der Waals surface area (Å²) in [6.45, 7) is 2.96. The molecule has 0 amide bonds. The summed E-state index contributed by atoms with van der Waals surface area (Å²) < 4.78 is 2.02. The van der Waals surface area contributed by atoms with E-state index in [0.29, 0.717) is 0 Å². The number of aromatic nitrogens is 2. The smallest absolute Gasteiger partial charge is 0.258 e. The second kappa shape index (κ2) is 9.89. The molecule has 0 bridgehead atoms. The van der Waals surface area contributed by atoms with E-state index >= 15 is 0 Å². The van der Waals surface area contributed by atoms with Gasteiger partial charge in [0, 0.05) is 23.3 Å². The van der Waals surface area contributed by atoms with E-state index in [0.717, 1.165) is 67.2 Å². The Morgan fingerprint density at radius 3 is 2.55 bits per heavy atom. The number of nitrogens with zero attached hydrogens (tertiary/aromatic N) is 2. The fraction of sp³-hybridized carbons (Fsp3) is 0.448. The molecular formula is C29H34N2OS. The van der Waals surface area contributed by atoms with E-state index < -0.39 is 0 Å². The third-order valence-electron chi connectivity index (χ3n) is 7.48. The van der Waals surface area contributed by atoms with Crippen LogP contribution in [0.5, 0.6) is 0 Å². The lowest BCUT2D eigenvalue weighted by atomic mass is 9.62. The topological polar surface area (TPSA) is 34.9 Å². The van der Waals surface area contributed by atoms with Crippen LogP contribution in [0.4, 0.5) is 0 Å². The van der Waals surface area contributed by atoms with Crippen molar-refractivity contribution in [3.63, 3.8) is 0 Å². The van der Waals surface area contributed by atoms with Gasteiger partial charge in [0.2, 0.25) is 0 Å². The molecule has 2 aromatic carbocycles. The standard InChI is InChI=1S/C29H34N2OS/c1-2-3-19-31-27(32)25-26(30-28(31)33-20-16-22-12-6-4-7-13-22)24-15-9-8-14-23(24)21-29(25)17-10-5-11-18-29/h4,6-9,12-15H,2-3,5,10-11,16-21H2,1H3. The zero-order valence-electron chi connectivity index (χ0n) is 19.7. The van der Waals surface area contributed by atoms with Crippen LogP contribution in [-0.4, -0.2) is 15.3 Å². The Bertz CT molecular complexity index is 1160. The van der Waals surface area contributed by atoms with Crippen LogP contribution in [0.1, 0.15) is 68.6 Å². The number of rotatable bonds is 7. The van der Waals surface area contributed by atoms with Gasteiger partial charge in [0.1, 0.15) is 0 Å². The lowest BCUT2D eigenvalue weighted by Gasteiger charge is -2.42. The van der Waals surface area contributed by atoms with Gasteiger partial charge < -0.3 is 0 Å². The number of hydrogen-bond donors (Lipinski definition) is 0. The van der Waals surface area contributed by atoms with Crippen molar-refractivity contribution in [2.45, 2.75) is 81.8 Å². The van der Waals surface area contributed by atoms with E-state index in [1.54, 1.807) is 11.8 Å². The van der Waals surface area contributed by atoms with Gasteiger partial charge in [-0.05, 0) is 43.2 Å².